The predicted molar refractivity (Wildman–Crippen MR) is 272 cm³/mol. The fourth-order valence-corrected chi connectivity index (χ4v) is 12.8. The summed E-state index contributed by atoms with van der Waals surface area (Å²) in [7, 11) is 2.37. The third-order valence-corrected chi connectivity index (χ3v) is 15.5. The lowest BCUT2D eigenvalue weighted by molar-refractivity contribution is 1.37. The van der Waals surface area contributed by atoms with Crippen molar-refractivity contribution in [1.29, 1.82) is 0 Å². The summed E-state index contributed by atoms with van der Waals surface area (Å²) in [5.74, 6) is 0. The summed E-state index contributed by atoms with van der Waals surface area (Å²) in [4.78, 5) is 2.76. The molecule has 0 nitrogen and oxygen atoms in total. The normalized spacial score (nSPS) is 12.1. The van der Waals surface area contributed by atoms with E-state index in [1.165, 1.54) is 148 Å². The zero-order valence-electron chi connectivity index (χ0n) is 37.1. The zero-order valence-corrected chi connectivity index (χ0v) is 38.8. The van der Waals surface area contributed by atoms with E-state index >= 15 is 0 Å². The molecule has 0 amide bonds. The SMILES string of the molecule is Cc1cccc(C)c1-c1cccc(-c2c(C)cccc2C)c1P=c1c(-c2ccccc2)c(-c2ccccc2)c1=Pc1c(-c2c(C)cccc2C)cccc1-c1c(C)cccc1C. The van der Waals surface area contributed by atoms with Crippen LogP contribution in [0.15, 0.2) is 170 Å². The first-order valence-corrected chi connectivity index (χ1v) is 23.5. The molecule has 0 N–H and O–H groups in total. The Bertz CT molecular complexity index is 2810. The monoisotopic (exact) mass is 834 g/mol. The van der Waals surface area contributed by atoms with E-state index in [0.717, 1.165) is 0 Å². The molecule has 0 saturated carbocycles. The van der Waals surface area contributed by atoms with Gasteiger partial charge in [0.2, 0.25) is 0 Å². The maximum absolute atomic E-state index is 2.37. The summed E-state index contributed by atoms with van der Waals surface area (Å²) >= 11 is 0. The summed E-state index contributed by atoms with van der Waals surface area (Å²) in [6.07, 6.45) is 0. The van der Waals surface area contributed by atoms with Crippen LogP contribution in [-0.2, 0) is 0 Å². The van der Waals surface area contributed by atoms with Gasteiger partial charge in [0.25, 0.3) is 0 Å². The van der Waals surface area contributed by atoms with Crippen LogP contribution in [0.25, 0.3) is 66.8 Å². The Morgan fingerprint density at radius 3 is 0.694 bits per heavy atom. The molecule has 0 aliphatic carbocycles. The summed E-state index contributed by atoms with van der Waals surface area (Å²) in [5, 5.41) is 2.70. The summed E-state index contributed by atoms with van der Waals surface area (Å²) in [5.41, 5.74) is 26.1. The lowest BCUT2D eigenvalue weighted by Gasteiger charge is -2.23. The van der Waals surface area contributed by atoms with Gasteiger partial charge in [-0.1, -0.05) is 186 Å². The second-order valence-corrected chi connectivity index (χ2v) is 19.1. The molecule has 9 aromatic rings. The number of rotatable bonds is 8. The molecule has 2 heteroatoms. The van der Waals surface area contributed by atoms with Crippen LogP contribution < -0.4 is 10.6 Å². The van der Waals surface area contributed by atoms with Gasteiger partial charge in [0.15, 0.2) is 0 Å². The van der Waals surface area contributed by atoms with Crippen molar-refractivity contribution in [3.63, 3.8) is 0 Å². The molecule has 0 spiro atoms. The van der Waals surface area contributed by atoms with Crippen LogP contribution >= 0.6 is 16.4 Å². The van der Waals surface area contributed by atoms with Gasteiger partial charge in [-0.15, -0.1) is 0 Å². The highest BCUT2D eigenvalue weighted by Gasteiger charge is 2.24. The summed E-state index contributed by atoms with van der Waals surface area (Å²) in [6, 6.07) is 63.2. The first-order chi connectivity index (χ1) is 30.1. The minimum atomic E-state index is 1.18. The third kappa shape index (κ3) is 7.47. The first-order valence-electron chi connectivity index (χ1n) is 21.7. The fourth-order valence-electron chi connectivity index (χ4n) is 9.72. The maximum atomic E-state index is 2.37. The van der Waals surface area contributed by atoms with Crippen molar-refractivity contribution >= 4 is 27.0 Å². The molecule has 0 atom stereocenters. The third-order valence-electron chi connectivity index (χ3n) is 12.6. The van der Waals surface area contributed by atoms with E-state index in [1.54, 1.807) is 0 Å². The molecule has 9 rings (SSSR count). The average Bonchev–Trinajstić information content (AvgIpc) is 3.25. The van der Waals surface area contributed by atoms with Crippen molar-refractivity contribution in [3.8, 4) is 66.8 Å². The first kappa shape index (κ1) is 41.2. The number of benzene rings is 8. The largest absolute Gasteiger partial charge is 0.0622 e. The van der Waals surface area contributed by atoms with Crippen molar-refractivity contribution in [1.82, 2.24) is 0 Å². The maximum Gasteiger partial charge on any atom is 0.0234 e. The summed E-state index contributed by atoms with van der Waals surface area (Å²) in [6.45, 7) is 18.1. The van der Waals surface area contributed by atoms with E-state index < -0.39 is 0 Å². The Kier molecular flexibility index (Phi) is 11.5. The molecule has 0 fully saturated rings. The lowest BCUT2D eigenvalue weighted by atomic mass is 9.90. The second-order valence-electron chi connectivity index (χ2n) is 16.9. The quantitative estimate of drug-likeness (QED) is 0.134. The van der Waals surface area contributed by atoms with Gasteiger partial charge in [0.1, 0.15) is 0 Å². The van der Waals surface area contributed by atoms with Crippen LogP contribution in [0.4, 0.5) is 0 Å². The van der Waals surface area contributed by atoms with Crippen molar-refractivity contribution in [2.75, 3.05) is 0 Å². The van der Waals surface area contributed by atoms with E-state index in [1.807, 2.05) is 0 Å². The Balaban J connectivity index is 1.51. The average molecular weight is 835 g/mol. The standard InChI is InChI=1S/C60H52P2/c1-37-21-15-22-38(2)51(37)47-33-19-34-48(52-39(3)23-16-24-40(52)4)57(47)61-59-55(45-29-11-9-12-30-45)56(46-31-13-10-14-32-46)60(59)62-58-49(53-41(5)25-17-26-42(53)6)35-20-36-50(58)54-43(7)27-18-28-44(54)8/h9-36H,1-8H3. The predicted octanol–water partition coefficient (Wildman–Crippen LogP) is 16.6. The van der Waals surface area contributed by atoms with Crippen molar-refractivity contribution < 1.29 is 0 Å². The van der Waals surface area contributed by atoms with Crippen molar-refractivity contribution in [3.05, 3.63) is 224 Å². The van der Waals surface area contributed by atoms with Gasteiger partial charge in [0, 0.05) is 31.6 Å². The highest BCUT2D eigenvalue weighted by Crippen LogP contribution is 2.46. The molecule has 302 valence electrons. The van der Waals surface area contributed by atoms with Crippen LogP contribution in [0.2, 0.25) is 0 Å². The van der Waals surface area contributed by atoms with E-state index in [0.29, 0.717) is 0 Å². The minimum Gasteiger partial charge on any atom is -0.0622 e. The van der Waals surface area contributed by atoms with E-state index in [4.69, 9.17) is 0 Å². The molecular formula is C60H52P2. The van der Waals surface area contributed by atoms with Gasteiger partial charge in [0.05, 0.1) is 0 Å². The molecule has 0 bridgehead atoms. The van der Waals surface area contributed by atoms with Gasteiger partial charge in [-0.3, -0.25) is 0 Å². The van der Waals surface area contributed by atoms with Gasteiger partial charge in [-0.25, -0.2) is 0 Å². The van der Waals surface area contributed by atoms with Crippen LogP contribution in [0, 0.1) is 65.3 Å². The molecule has 62 heavy (non-hydrogen) atoms. The molecule has 0 heterocycles. The van der Waals surface area contributed by atoms with Crippen molar-refractivity contribution in [2.45, 2.75) is 55.4 Å². The molecule has 0 unspecified atom stereocenters. The molecule has 0 aliphatic heterocycles. The minimum absolute atomic E-state index is 1.18. The van der Waals surface area contributed by atoms with Gasteiger partial charge in [-0.05, 0) is 156 Å². The number of hydrogen-bond donors (Lipinski definition) is 0. The summed E-state index contributed by atoms with van der Waals surface area (Å²) < 4.78 is 0. The molecule has 0 saturated heterocycles. The van der Waals surface area contributed by atoms with E-state index in [9.17, 15) is 0 Å². The second kappa shape index (κ2) is 17.3. The number of aryl methyl sites for hydroxylation is 8. The van der Waals surface area contributed by atoms with Gasteiger partial charge >= 0.3 is 0 Å². The zero-order chi connectivity index (χ0) is 43.1. The number of hydrogen-bond acceptors (Lipinski definition) is 0. The molecular weight excluding hydrogens is 783 g/mol. The molecule has 9 aromatic carbocycles. The Morgan fingerprint density at radius 2 is 0.452 bits per heavy atom. The topological polar surface area (TPSA) is 0 Å². The van der Waals surface area contributed by atoms with Crippen molar-refractivity contribution in [2.24, 2.45) is 0 Å². The Morgan fingerprint density at radius 1 is 0.226 bits per heavy atom. The van der Waals surface area contributed by atoms with E-state index in [-0.39, 0.29) is 0 Å². The van der Waals surface area contributed by atoms with Gasteiger partial charge in [-0.2, -0.15) is 0 Å². The Hall–Kier alpha value is -6.16. The van der Waals surface area contributed by atoms with Crippen LogP contribution in [-0.4, -0.2) is 0 Å². The lowest BCUT2D eigenvalue weighted by Crippen LogP contribution is -2.09. The molecule has 0 aliphatic rings. The molecule has 0 aromatic heterocycles. The van der Waals surface area contributed by atoms with Gasteiger partial charge < -0.3 is 0 Å². The van der Waals surface area contributed by atoms with Crippen LogP contribution in [0.1, 0.15) is 44.5 Å². The van der Waals surface area contributed by atoms with E-state index in [2.05, 4.69) is 225 Å². The Labute approximate surface area is 371 Å². The highest BCUT2D eigenvalue weighted by molar-refractivity contribution is 7.43. The fraction of sp³-hybridized carbons (Fsp3) is 0.133. The smallest absolute Gasteiger partial charge is 0.0234 e. The molecule has 0 radical (unpaired) electrons. The highest BCUT2D eigenvalue weighted by atomic mass is 31.1. The van der Waals surface area contributed by atoms with Crippen LogP contribution in [0.3, 0.4) is 0 Å². The van der Waals surface area contributed by atoms with Crippen LogP contribution in [0.5, 0.6) is 0 Å².